The van der Waals surface area contributed by atoms with Crippen molar-refractivity contribution in [2.45, 2.75) is 47.6 Å². The first-order valence-electron chi connectivity index (χ1n) is 8.30. The molecular weight excluding hydrogens is 597 g/mol. The van der Waals surface area contributed by atoms with Gasteiger partial charge in [-0.15, -0.1) is 11.3 Å². The molecule has 0 aliphatic carbocycles. The van der Waals surface area contributed by atoms with Gasteiger partial charge in [0.2, 0.25) is 0 Å². The molecule has 22 heteroatoms. The van der Waals surface area contributed by atoms with E-state index in [1.165, 1.54) is 0 Å². The summed E-state index contributed by atoms with van der Waals surface area (Å²) in [5.41, 5.74) is -1.23. The summed E-state index contributed by atoms with van der Waals surface area (Å²) in [5, 5.41) is 1.40. The van der Waals surface area contributed by atoms with Crippen molar-refractivity contribution in [3.8, 4) is 0 Å². The molecule has 1 aromatic rings. The van der Waals surface area contributed by atoms with Gasteiger partial charge in [0.25, 0.3) is 0 Å². The van der Waals surface area contributed by atoms with E-state index >= 15 is 0 Å². The minimum absolute atomic E-state index is 0.227. The minimum atomic E-state index is -8.80. The molecule has 37 heavy (non-hydrogen) atoms. The summed E-state index contributed by atoms with van der Waals surface area (Å²) < 4.78 is 229. The van der Waals surface area contributed by atoms with Crippen LogP contribution in [-0.4, -0.2) is 66.6 Å². The first-order chi connectivity index (χ1) is 16.1. The predicted molar refractivity (Wildman–Crippen MR) is 85.0 cm³/mol. The lowest BCUT2D eigenvalue weighted by Crippen LogP contribution is -2.75. The molecule has 1 aromatic heterocycles. The number of ether oxygens (including phenoxy) is 1. The van der Waals surface area contributed by atoms with Gasteiger partial charge in [0.15, 0.2) is 0 Å². The summed E-state index contributed by atoms with van der Waals surface area (Å²) in [7, 11) is 0.650. The number of alkyl halides is 17. The maximum Gasteiger partial charge on any atom is 0.460 e. The van der Waals surface area contributed by atoms with Crippen molar-refractivity contribution < 1.29 is 89.0 Å². The number of halogens is 17. The van der Waals surface area contributed by atoms with E-state index in [-0.39, 0.29) is 11.3 Å². The molecule has 0 unspecified atom stereocenters. The number of thiophene rings is 1. The lowest BCUT2D eigenvalue weighted by Gasteiger charge is -2.42. The Hall–Kier alpha value is -2.55. The van der Waals surface area contributed by atoms with Crippen LogP contribution in [-0.2, 0) is 9.53 Å². The molecule has 0 aliphatic rings. The lowest BCUT2D eigenvalue weighted by atomic mass is 9.89. The summed E-state index contributed by atoms with van der Waals surface area (Å²) in [6.45, 7) is 0. The van der Waals surface area contributed by atoms with Crippen molar-refractivity contribution in [2.24, 2.45) is 0 Å². The van der Waals surface area contributed by atoms with Crippen LogP contribution in [0.3, 0.4) is 0 Å². The third kappa shape index (κ3) is 4.43. The number of methoxy groups -OCH3 is 1. The third-order valence-electron chi connectivity index (χ3n) is 4.29. The van der Waals surface area contributed by atoms with E-state index in [2.05, 4.69) is 4.74 Å². The Morgan fingerprint density at radius 2 is 1.05 bits per heavy atom. The highest BCUT2D eigenvalue weighted by Crippen LogP contribution is 2.64. The Morgan fingerprint density at radius 3 is 1.43 bits per heavy atom. The quantitative estimate of drug-likeness (QED) is 0.260. The standard InChI is InChI=1S/C15H6F17NO3S/c1-36-6(34)5-4(2-3-37-5)33-7(35)8(16,17)9(18,19)10(20,21)11(22,23)12(24,25)13(26,27)14(28,29)15(30,31)32/h2-3H,1H3,(H,33,35). The maximum atomic E-state index is 13.9. The number of carbonyl (C=O) groups excluding carboxylic acids is 2. The summed E-state index contributed by atoms with van der Waals surface area (Å²) in [4.78, 5) is 21.9. The molecule has 0 saturated carbocycles. The zero-order valence-electron chi connectivity index (χ0n) is 16.7. The average Bonchev–Trinajstić information content (AvgIpc) is 3.19. The zero-order valence-corrected chi connectivity index (χ0v) is 17.5. The van der Waals surface area contributed by atoms with Gasteiger partial charge >= 0.3 is 59.5 Å². The molecule has 1 amide bonds. The normalized spacial score (nSPS) is 15.0. The van der Waals surface area contributed by atoms with Crippen LogP contribution >= 0.6 is 11.3 Å². The summed E-state index contributed by atoms with van der Waals surface area (Å²) in [6.07, 6.45) is -7.87. The Balaban J connectivity index is 3.59. The molecule has 0 radical (unpaired) electrons. The first-order valence-corrected chi connectivity index (χ1v) is 9.17. The molecule has 0 aliphatic heterocycles. The number of hydrogen-bond acceptors (Lipinski definition) is 4. The summed E-state index contributed by atoms with van der Waals surface area (Å²) in [5.74, 6) is -63.9. The predicted octanol–water partition coefficient (Wildman–Crippen LogP) is 6.48. The highest BCUT2D eigenvalue weighted by atomic mass is 32.1. The van der Waals surface area contributed by atoms with Crippen LogP contribution in [0, 0.1) is 0 Å². The van der Waals surface area contributed by atoms with E-state index in [0.29, 0.717) is 18.5 Å². The molecule has 0 fully saturated rings. The molecule has 1 N–H and O–H groups in total. The number of nitrogens with one attached hydrogen (secondary N) is 1. The molecule has 0 saturated heterocycles. The maximum absolute atomic E-state index is 13.9. The van der Waals surface area contributed by atoms with Gasteiger partial charge < -0.3 is 10.1 Å². The highest BCUT2D eigenvalue weighted by Gasteiger charge is 2.95. The van der Waals surface area contributed by atoms with Gasteiger partial charge in [-0.1, -0.05) is 0 Å². The van der Waals surface area contributed by atoms with Crippen LogP contribution in [0.5, 0.6) is 0 Å². The van der Waals surface area contributed by atoms with Crippen LogP contribution in [0.1, 0.15) is 9.67 Å². The van der Waals surface area contributed by atoms with Gasteiger partial charge in [-0.3, -0.25) is 4.79 Å². The number of rotatable bonds is 9. The van der Waals surface area contributed by atoms with E-state index in [9.17, 15) is 84.2 Å². The summed E-state index contributed by atoms with van der Waals surface area (Å²) in [6, 6.07) is 0.448. The van der Waals surface area contributed by atoms with Crippen molar-refractivity contribution in [3.63, 3.8) is 0 Å². The van der Waals surface area contributed by atoms with Gasteiger partial charge in [-0.25, -0.2) is 4.79 Å². The van der Waals surface area contributed by atoms with Crippen LogP contribution < -0.4 is 5.32 Å². The summed E-state index contributed by atoms with van der Waals surface area (Å²) >= 11 is 0.227. The Labute approximate surface area is 195 Å². The average molecular weight is 603 g/mol. The van der Waals surface area contributed by atoms with Gasteiger partial charge in [-0.2, -0.15) is 74.6 Å². The van der Waals surface area contributed by atoms with Crippen molar-refractivity contribution in [3.05, 3.63) is 16.3 Å². The number of amides is 1. The molecule has 0 spiro atoms. The Morgan fingerprint density at radius 1 is 0.676 bits per heavy atom. The Bertz CT molecular complexity index is 1030. The molecule has 4 nitrogen and oxygen atoms in total. The molecule has 0 bridgehead atoms. The second-order valence-corrected chi connectivity index (χ2v) is 7.54. The SMILES string of the molecule is COC(=O)c1sccc1NC(=O)C(F)(F)C(F)(F)C(F)(F)C(F)(F)C(F)(F)C(F)(F)C(F)(F)C(F)(F)F. The zero-order chi connectivity index (χ0) is 29.8. The molecule has 1 rings (SSSR count). The first kappa shape index (κ1) is 32.5. The largest absolute Gasteiger partial charge is 0.465 e. The molecular formula is C15H6F17NO3S. The van der Waals surface area contributed by atoms with Crippen LogP contribution in [0.15, 0.2) is 11.4 Å². The van der Waals surface area contributed by atoms with Crippen LogP contribution in [0.2, 0.25) is 0 Å². The van der Waals surface area contributed by atoms with Crippen LogP contribution in [0.4, 0.5) is 80.3 Å². The van der Waals surface area contributed by atoms with Crippen molar-refractivity contribution >= 4 is 28.9 Å². The second-order valence-electron chi connectivity index (χ2n) is 6.63. The van der Waals surface area contributed by atoms with E-state index in [1.54, 1.807) is 0 Å². The fourth-order valence-corrected chi connectivity index (χ4v) is 2.93. The fraction of sp³-hybridized carbons (Fsp3) is 0.600. The molecule has 0 atom stereocenters. The van der Waals surface area contributed by atoms with E-state index in [1.807, 2.05) is 0 Å². The third-order valence-corrected chi connectivity index (χ3v) is 5.19. The number of carbonyl (C=O) groups is 2. The highest BCUT2D eigenvalue weighted by molar-refractivity contribution is 7.12. The topological polar surface area (TPSA) is 55.4 Å². The van der Waals surface area contributed by atoms with Gasteiger partial charge in [-0.05, 0) is 11.4 Å². The van der Waals surface area contributed by atoms with Gasteiger partial charge in [0.05, 0.1) is 12.8 Å². The lowest BCUT2D eigenvalue weighted by molar-refractivity contribution is -0.459. The monoisotopic (exact) mass is 603 g/mol. The van der Waals surface area contributed by atoms with E-state index in [0.717, 1.165) is 5.38 Å². The number of hydrogen-bond donors (Lipinski definition) is 1. The molecule has 1 heterocycles. The van der Waals surface area contributed by atoms with Crippen LogP contribution in [0.25, 0.3) is 0 Å². The molecule has 214 valence electrons. The van der Waals surface area contributed by atoms with Crippen molar-refractivity contribution in [1.29, 1.82) is 0 Å². The fourth-order valence-electron chi connectivity index (χ4n) is 2.17. The molecule has 0 aromatic carbocycles. The van der Waals surface area contributed by atoms with Gasteiger partial charge in [0, 0.05) is 0 Å². The van der Waals surface area contributed by atoms with Gasteiger partial charge in [0.1, 0.15) is 4.88 Å². The van der Waals surface area contributed by atoms with E-state index < -0.39 is 70.1 Å². The van der Waals surface area contributed by atoms with Crippen molar-refractivity contribution in [1.82, 2.24) is 0 Å². The number of esters is 1. The van der Waals surface area contributed by atoms with Crippen molar-refractivity contribution in [2.75, 3.05) is 12.4 Å². The van der Waals surface area contributed by atoms with E-state index in [4.69, 9.17) is 0 Å². The number of anilines is 1. The smallest absolute Gasteiger partial charge is 0.460 e. The minimum Gasteiger partial charge on any atom is -0.465 e. The second kappa shape index (κ2) is 9.03. The Kier molecular flexibility index (Phi) is 7.93.